The lowest BCUT2D eigenvalue weighted by Crippen LogP contribution is -2.12. The van der Waals surface area contributed by atoms with E-state index in [1.165, 1.54) is 17.4 Å². The zero-order valence-electron chi connectivity index (χ0n) is 14.6. The SMILES string of the molecule is COc1cccc(Nc2nc(C)c(C(=O)Nc3cc(C)ccc3F)s2)c1. The fourth-order valence-corrected chi connectivity index (χ4v) is 3.28. The molecule has 0 saturated carbocycles. The van der Waals surface area contributed by atoms with Gasteiger partial charge in [-0.05, 0) is 43.7 Å². The van der Waals surface area contributed by atoms with Crippen molar-refractivity contribution in [3.8, 4) is 5.75 Å². The molecule has 0 unspecified atom stereocenters. The van der Waals surface area contributed by atoms with Crippen molar-refractivity contribution < 1.29 is 13.9 Å². The Hall–Kier alpha value is -2.93. The van der Waals surface area contributed by atoms with E-state index < -0.39 is 5.82 Å². The summed E-state index contributed by atoms with van der Waals surface area (Å²) in [4.78, 5) is 17.3. The fraction of sp³-hybridized carbons (Fsp3) is 0.158. The number of aromatic nitrogens is 1. The van der Waals surface area contributed by atoms with Crippen molar-refractivity contribution in [1.29, 1.82) is 0 Å². The molecule has 1 aromatic heterocycles. The van der Waals surface area contributed by atoms with Gasteiger partial charge in [-0.1, -0.05) is 23.5 Å². The number of methoxy groups -OCH3 is 1. The molecule has 26 heavy (non-hydrogen) atoms. The maximum absolute atomic E-state index is 13.9. The summed E-state index contributed by atoms with van der Waals surface area (Å²) in [6, 6.07) is 12.0. The van der Waals surface area contributed by atoms with Crippen LogP contribution in [0.15, 0.2) is 42.5 Å². The lowest BCUT2D eigenvalue weighted by atomic mass is 10.2. The van der Waals surface area contributed by atoms with Crippen molar-refractivity contribution in [3.05, 3.63) is 64.4 Å². The molecule has 0 atom stereocenters. The molecule has 0 fully saturated rings. The predicted octanol–water partition coefficient (Wildman–Crippen LogP) is 4.90. The molecule has 0 spiro atoms. The van der Waals surface area contributed by atoms with Crippen molar-refractivity contribution in [3.63, 3.8) is 0 Å². The van der Waals surface area contributed by atoms with Crippen LogP contribution in [0.5, 0.6) is 5.75 Å². The van der Waals surface area contributed by atoms with Gasteiger partial charge < -0.3 is 15.4 Å². The lowest BCUT2D eigenvalue weighted by molar-refractivity contribution is 0.102. The topological polar surface area (TPSA) is 63.2 Å². The number of hydrogen-bond donors (Lipinski definition) is 2. The van der Waals surface area contributed by atoms with Crippen LogP contribution in [0.2, 0.25) is 0 Å². The number of thiazole rings is 1. The van der Waals surface area contributed by atoms with Gasteiger partial charge >= 0.3 is 0 Å². The minimum atomic E-state index is -0.471. The highest BCUT2D eigenvalue weighted by molar-refractivity contribution is 7.17. The molecule has 0 aliphatic carbocycles. The Morgan fingerprint density at radius 1 is 1.19 bits per heavy atom. The number of carbonyl (C=O) groups is 1. The molecule has 2 aromatic carbocycles. The number of ether oxygens (including phenoxy) is 1. The summed E-state index contributed by atoms with van der Waals surface area (Å²) in [5.74, 6) is -0.139. The average Bonchev–Trinajstić information content (AvgIpc) is 2.98. The summed E-state index contributed by atoms with van der Waals surface area (Å²) in [5, 5.41) is 6.34. The molecular formula is C19H18FN3O2S. The van der Waals surface area contributed by atoms with Crippen molar-refractivity contribution >= 4 is 33.8 Å². The van der Waals surface area contributed by atoms with Crippen molar-refractivity contribution in [2.45, 2.75) is 13.8 Å². The third kappa shape index (κ3) is 4.00. The maximum Gasteiger partial charge on any atom is 0.267 e. The van der Waals surface area contributed by atoms with E-state index in [2.05, 4.69) is 15.6 Å². The van der Waals surface area contributed by atoms with Gasteiger partial charge in [0.25, 0.3) is 5.91 Å². The summed E-state index contributed by atoms with van der Waals surface area (Å²) in [6.45, 7) is 3.58. The maximum atomic E-state index is 13.9. The fourth-order valence-electron chi connectivity index (χ4n) is 2.40. The molecule has 134 valence electrons. The van der Waals surface area contributed by atoms with E-state index in [9.17, 15) is 9.18 Å². The summed E-state index contributed by atoms with van der Waals surface area (Å²) >= 11 is 1.21. The number of halogens is 1. The molecule has 1 heterocycles. The third-order valence-corrected chi connectivity index (χ3v) is 4.77. The van der Waals surface area contributed by atoms with E-state index in [1.54, 1.807) is 26.2 Å². The Bertz CT molecular complexity index is 956. The number of aryl methyl sites for hydroxylation is 2. The van der Waals surface area contributed by atoms with Crippen molar-refractivity contribution in [2.24, 2.45) is 0 Å². The summed E-state index contributed by atoms with van der Waals surface area (Å²) in [6.07, 6.45) is 0. The van der Waals surface area contributed by atoms with Gasteiger partial charge in [-0.15, -0.1) is 0 Å². The summed E-state index contributed by atoms with van der Waals surface area (Å²) < 4.78 is 19.0. The Morgan fingerprint density at radius 2 is 2.00 bits per heavy atom. The molecule has 7 heteroatoms. The molecular weight excluding hydrogens is 353 g/mol. The van der Waals surface area contributed by atoms with E-state index >= 15 is 0 Å². The number of benzene rings is 2. The van der Waals surface area contributed by atoms with Gasteiger partial charge in [0.15, 0.2) is 5.13 Å². The Balaban J connectivity index is 1.78. The van der Waals surface area contributed by atoms with Crippen LogP contribution in [-0.2, 0) is 0 Å². The van der Waals surface area contributed by atoms with Gasteiger partial charge in [-0.2, -0.15) is 0 Å². The van der Waals surface area contributed by atoms with Gasteiger partial charge in [0.2, 0.25) is 0 Å². The normalized spacial score (nSPS) is 10.5. The number of amides is 1. The number of nitrogens with zero attached hydrogens (tertiary/aromatic N) is 1. The molecule has 5 nitrogen and oxygen atoms in total. The van der Waals surface area contributed by atoms with Crippen LogP contribution in [0.4, 0.5) is 20.9 Å². The first kappa shape index (κ1) is 17.9. The average molecular weight is 371 g/mol. The number of carbonyl (C=O) groups excluding carboxylic acids is 1. The highest BCUT2D eigenvalue weighted by Crippen LogP contribution is 2.28. The first-order chi connectivity index (χ1) is 12.5. The van der Waals surface area contributed by atoms with Crippen LogP contribution >= 0.6 is 11.3 Å². The highest BCUT2D eigenvalue weighted by atomic mass is 32.1. The van der Waals surface area contributed by atoms with Gasteiger partial charge in [0.05, 0.1) is 18.5 Å². The number of anilines is 3. The zero-order chi connectivity index (χ0) is 18.7. The van der Waals surface area contributed by atoms with E-state index in [1.807, 2.05) is 31.2 Å². The van der Waals surface area contributed by atoms with Crippen LogP contribution in [0.3, 0.4) is 0 Å². The van der Waals surface area contributed by atoms with Gasteiger partial charge in [-0.25, -0.2) is 9.37 Å². The number of nitrogens with one attached hydrogen (secondary N) is 2. The molecule has 1 amide bonds. The predicted molar refractivity (Wildman–Crippen MR) is 102 cm³/mol. The second-order valence-corrected chi connectivity index (χ2v) is 6.73. The van der Waals surface area contributed by atoms with Crippen molar-refractivity contribution in [1.82, 2.24) is 4.98 Å². The van der Waals surface area contributed by atoms with E-state index in [0.29, 0.717) is 15.7 Å². The smallest absolute Gasteiger partial charge is 0.267 e. The van der Waals surface area contributed by atoms with Crippen LogP contribution in [-0.4, -0.2) is 18.0 Å². The number of rotatable bonds is 5. The minimum absolute atomic E-state index is 0.158. The minimum Gasteiger partial charge on any atom is -0.497 e. The Kier molecular flexibility index (Phi) is 5.18. The van der Waals surface area contributed by atoms with Gasteiger partial charge in [0, 0.05) is 11.8 Å². The molecule has 2 N–H and O–H groups in total. The van der Waals surface area contributed by atoms with Crippen LogP contribution in [0, 0.1) is 19.7 Å². The first-order valence-corrected chi connectivity index (χ1v) is 8.74. The molecule has 0 aliphatic rings. The molecule has 3 aromatic rings. The Morgan fingerprint density at radius 3 is 2.77 bits per heavy atom. The first-order valence-electron chi connectivity index (χ1n) is 7.92. The molecule has 0 aliphatic heterocycles. The van der Waals surface area contributed by atoms with Gasteiger partial charge in [0.1, 0.15) is 16.4 Å². The van der Waals surface area contributed by atoms with Crippen molar-refractivity contribution in [2.75, 3.05) is 17.7 Å². The lowest BCUT2D eigenvalue weighted by Gasteiger charge is -2.06. The molecule has 3 rings (SSSR count). The molecule has 0 radical (unpaired) electrons. The largest absolute Gasteiger partial charge is 0.497 e. The van der Waals surface area contributed by atoms with Crippen LogP contribution in [0.1, 0.15) is 20.9 Å². The van der Waals surface area contributed by atoms with Gasteiger partial charge in [-0.3, -0.25) is 4.79 Å². The summed E-state index contributed by atoms with van der Waals surface area (Å²) in [7, 11) is 1.60. The second kappa shape index (κ2) is 7.53. The molecule has 0 bridgehead atoms. The standard InChI is InChI=1S/C19H18FN3O2S/c1-11-7-8-15(20)16(9-11)23-18(24)17-12(2)21-19(26-17)22-13-5-4-6-14(10-13)25-3/h4-10H,1-3H3,(H,21,22)(H,23,24). The summed E-state index contributed by atoms with van der Waals surface area (Å²) in [5.41, 5.74) is 2.40. The second-order valence-electron chi connectivity index (χ2n) is 5.73. The van der Waals surface area contributed by atoms with E-state index in [0.717, 1.165) is 17.0 Å². The highest BCUT2D eigenvalue weighted by Gasteiger charge is 2.17. The number of hydrogen-bond acceptors (Lipinski definition) is 5. The van der Waals surface area contributed by atoms with Crippen LogP contribution in [0.25, 0.3) is 0 Å². The monoisotopic (exact) mass is 371 g/mol. The Labute approximate surface area is 154 Å². The third-order valence-electron chi connectivity index (χ3n) is 3.69. The zero-order valence-corrected chi connectivity index (χ0v) is 15.4. The van der Waals surface area contributed by atoms with E-state index in [4.69, 9.17) is 4.74 Å². The quantitative estimate of drug-likeness (QED) is 0.669. The molecule has 0 saturated heterocycles. The van der Waals surface area contributed by atoms with Crippen LogP contribution < -0.4 is 15.4 Å². The van der Waals surface area contributed by atoms with E-state index in [-0.39, 0.29) is 11.6 Å².